The van der Waals surface area contributed by atoms with Gasteiger partial charge in [0.15, 0.2) is 5.12 Å². The van der Waals surface area contributed by atoms with E-state index < -0.39 is 0 Å². The van der Waals surface area contributed by atoms with Crippen molar-refractivity contribution < 1.29 is 14.3 Å². The molecule has 0 amide bonds. The third-order valence-corrected chi connectivity index (χ3v) is 2.67. The molecule has 0 fully saturated rings. The van der Waals surface area contributed by atoms with E-state index in [1.165, 1.54) is 18.7 Å². The van der Waals surface area contributed by atoms with E-state index in [-0.39, 0.29) is 17.0 Å². The Kier molecular flexibility index (Phi) is 6.68. The summed E-state index contributed by atoms with van der Waals surface area (Å²) in [5.74, 6) is 0.767. The first-order valence-electron chi connectivity index (χ1n) is 4.33. The molecule has 1 unspecified atom stereocenters. The van der Waals surface area contributed by atoms with Gasteiger partial charge in [-0.25, -0.2) is 0 Å². The molecule has 0 aromatic heterocycles. The van der Waals surface area contributed by atoms with Crippen molar-refractivity contribution in [3.8, 4) is 0 Å². The van der Waals surface area contributed by atoms with Crippen LogP contribution in [0.25, 0.3) is 0 Å². The van der Waals surface area contributed by atoms with Gasteiger partial charge in [0, 0.05) is 25.5 Å². The van der Waals surface area contributed by atoms with E-state index in [1.807, 2.05) is 6.92 Å². The van der Waals surface area contributed by atoms with Crippen LogP contribution in [0.15, 0.2) is 0 Å². The van der Waals surface area contributed by atoms with Gasteiger partial charge in [0.1, 0.15) is 0 Å². The topological polar surface area (TPSA) is 43.4 Å². The van der Waals surface area contributed by atoms with Crippen LogP contribution in [0.2, 0.25) is 0 Å². The Morgan fingerprint density at radius 1 is 1.38 bits per heavy atom. The van der Waals surface area contributed by atoms with Crippen LogP contribution in [-0.2, 0) is 14.3 Å². The third-order valence-electron chi connectivity index (χ3n) is 1.62. The summed E-state index contributed by atoms with van der Waals surface area (Å²) in [5.41, 5.74) is 0. The second-order valence-corrected chi connectivity index (χ2v) is 4.08. The Bertz CT molecular complexity index is 162. The standard InChI is InChI=1S/C9H16O3S/c1-4-9(5-12-7(2)10)6-13-8(3)11/h9H,4-6H2,1-3H3. The Balaban J connectivity index is 3.63. The molecular formula is C9H16O3S. The van der Waals surface area contributed by atoms with Crippen LogP contribution < -0.4 is 0 Å². The molecule has 0 N–H and O–H groups in total. The fourth-order valence-electron chi connectivity index (χ4n) is 0.754. The molecule has 0 spiro atoms. The lowest BCUT2D eigenvalue weighted by Gasteiger charge is -2.12. The predicted molar refractivity (Wildman–Crippen MR) is 53.6 cm³/mol. The molecule has 0 aliphatic carbocycles. The van der Waals surface area contributed by atoms with Gasteiger partial charge >= 0.3 is 5.97 Å². The number of ether oxygens (including phenoxy) is 1. The first kappa shape index (κ1) is 12.5. The summed E-state index contributed by atoms with van der Waals surface area (Å²) in [6, 6.07) is 0. The van der Waals surface area contributed by atoms with Crippen molar-refractivity contribution in [1.82, 2.24) is 0 Å². The molecule has 0 bridgehead atoms. The van der Waals surface area contributed by atoms with Gasteiger partial charge in [0.05, 0.1) is 6.61 Å². The van der Waals surface area contributed by atoms with Crippen molar-refractivity contribution in [3.05, 3.63) is 0 Å². The normalized spacial score (nSPS) is 12.2. The average Bonchev–Trinajstić information content (AvgIpc) is 2.04. The fraction of sp³-hybridized carbons (Fsp3) is 0.778. The van der Waals surface area contributed by atoms with Gasteiger partial charge in [-0.1, -0.05) is 18.7 Å². The minimum atomic E-state index is -0.258. The van der Waals surface area contributed by atoms with Crippen LogP contribution in [0, 0.1) is 5.92 Å². The number of hydrogen-bond acceptors (Lipinski definition) is 4. The van der Waals surface area contributed by atoms with Crippen molar-refractivity contribution in [2.75, 3.05) is 12.4 Å². The average molecular weight is 204 g/mol. The number of thioether (sulfide) groups is 1. The van der Waals surface area contributed by atoms with Gasteiger partial charge in [0.2, 0.25) is 0 Å². The third kappa shape index (κ3) is 7.84. The molecule has 0 aliphatic heterocycles. The monoisotopic (exact) mass is 204 g/mol. The van der Waals surface area contributed by atoms with Gasteiger partial charge in [-0.2, -0.15) is 0 Å². The second kappa shape index (κ2) is 6.95. The van der Waals surface area contributed by atoms with Crippen molar-refractivity contribution in [2.45, 2.75) is 27.2 Å². The zero-order valence-electron chi connectivity index (χ0n) is 8.33. The maximum absolute atomic E-state index is 10.7. The summed E-state index contributed by atoms with van der Waals surface area (Å²) < 4.78 is 4.86. The summed E-state index contributed by atoms with van der Waals surface area (Å²) in [6.07, 6.45) is 0.924. The maximum Gasteiger partial charge on any atom is 0.302 e. The Hall–Kier alpha value is -0.510. The van der Waals surface area contributed by atoms with Gasteiger partial charge in [0.25, 0.3) is 0 Å². The lowest BCUT2D eigenvalue weighted by molar-refractivity contribution is -0.142. The second-order valence-electron chi connectivity index (χ2n) is 2.88. The molecular weight excluding hydrogens is 188 g/mol. The molecule has 0 saturated carbocycles. The van der Waals surface area contributed by atoms with E-state index in [9.17, 15) is 9.59 Å². The van der Waals surface area contributed by atoms with Gasteiger partial charge in [-0.05, 0) is 6.42 Å². The van der Waals surface area contributed by atoms with Crippen molar-refractivity contribution >= 4 is 22.8 Å². The van der Waals surface area contributed by atoms with Gasteiger partial charge < -0.3 is 4.74 Å². The van der Waals surface area contributed by atoms with Crippen LogP contribution in [-0.4, -0.2) is 23.4 Å². The number of hydrogen-bond donors (Lipinski definition) is 0. The Labute approximate surface area is 83.2 Å². The molecule has 0 radical (unpaired) electrons. The molecule has 13 heavy (non-hydrogen) atoms. The summed E-state index contributed by atoms with van der Waals surface area (Å²) >= 11 is 1.29. The van der Waals surface area contributed by atoms with Crippen molar-refractivity contribution in [3.63, 3.8) is 0 Å². The summed E-state index contributed by atoms with van der Waals surface area (Å²) in [7, 11) is 0. The van der Waals surface area contributed by atoms with E-state index in [4.69, 9.17) is 4.74 Å². The number of rotatable bonds is 5. The zero-order chi connectivity index (χ0) is 10.3. The van der Waals surface area contributed by atoms with Crippen LogP contribution >= 0.6 is 11.8 Å². The molecule has 0 aromatic rings. The summed E-state index contributed by atoms with van der Waals surface area (Å²) in [5, 5.41) is 0.112. The lowest BCUT2D eigenvalue weighted by atomic mass is 10.1. The first-order chi connectivity index (χ1) is 6.06. The SMILES string of the molecule is CCC(COC(C)=O)CSC(C)=O. The van der Waals surface area contributed by atoms with E-state index >= 15 is 0 Å². The van der Waals surface area contributed by atoms with E-state index in [0.29, 0.717) is 6.61 Å². The highest BCUT2D eigenvalue weighted by atomic mass is 32.2. The highest BCUT2D eigenvalue weighted by Crippen LogP contribution is 2.13. The smallest absolute Gasteiger partial charge is 0.302 e. The Morgan fingerprint density at radius 3 is 2.38 bits per heavy atom. The first-order valence-corrected chi connectivity index (χ1v) is 5.31. The molecule has 0 rings (SSSR count). The van der Waals surface area contributed by atoms with Crippen molar-refractivity contribution in [1.29, 1.82) is 0 Å². The largest absolute Gasteiger partial charge is 0.466 e. The highest BCUT2D eigenvalue weighted by molar-refractivity contribution is 8.13. The van der Waals surface area contributed by atoms with Crippen LogP contribution in [0.1, 0.15) is 27.2 Å². The Morgan fingerprint density at radius 2 is 2.00 bits per heavy atom. The number of carbonyl (C=O) groups is 2. The lowest BCUT2D eigenvalue weighted by Crippen LogP contribution is -2.14. The molecule has 0 saturated heterocycles. The minimum Gasteiger partial charge on any atom is -0.466 e. The van der Waals surface area contributed by atoms with Crippen LogP contribution in [0.4, 0.5) is 0 Å². The zero-order valence-corrected chi connectivity index (χ0v) is 9.15. The molecule has 0 heterocycles. The molecule has 0 aliphatic rings. The number of carbonyl (C=O) groups excluding carboxylic acids is 2. The molecule has 3 nitrogen and oxygen atoms in total. The predicted octanol–water partition coefficient (Wildman–Crippen LogP) is 1.86. The fourth-order valence-corrected chi connectivity index (χ4v) is 1.56. The summed E-state index contributed by atoms with van der Waals surface area (Å²) in [4.78, 5) is 21.2. The molecule has 4 heteroatoms. The minimum absolute atomic E-state index is 0.112. The molecule has 1 atom stereocenters. The summed E-state index contributed by atoms with van der Waals surface area (Å²) in [6.45, 7) is 5.38. The van der Waals surface area contributed by atoms with Crippen LogP contribution in [0.3, 0.4) is 0 Å². The van der Waals surface area contributed by atoms with E-state index in [0.717, 1.165) is 12.2 Å². The van der Waals surface area contributed by atoms with E-state index in [2.05, 4.69) is 0 Å². The highest BCUT2D eigenvalue weighted by Gasteiger charge is 2.09. The molecule has 0 aromatic carbocycles. The van der Waals surface area contributed by atoms with Crippen molar-refractivity contribution in [2.24, 2.45) is 5.92 Å². The number of esters is 1. The van der Waals surface area contributed by atoms with Gasteiger partial charge in [-0.3, -0.25) is 9.59 Å². The maximum atomic E-state index is 10.7. The molecule has 76 valence electrons. The van der Waals surface area contributed by atoms with Crippen LogP contribution in [0.5, 0.6) is 0 Å². The quantitative estimate of drug-likeness (QED) is 0.641. The van der Waals surface area contributed by atoms with E-state index in [1.54, 1.807) is 6.92 Å². The van der Waals surface area contributed by atoms with Gasteiger partial charge in [-0.15, -0.1) is 0 Å².